The maximum atomic E-state index is 13.4. The van der Waals surface area contributed by atoms with Crippen LogP contribution < -0.4 is 19.7 Å². The van der Waals surface area contributed by atoms with Gasteiger partial charge in [0, 0.05) is 10.6 Å². The molecule has 0 aliphatic carbocycles. The highest BCUT2D eigenvalue weighted by Crippen LogP contribution is 2.35. The number of allylic oxidation sites excluding steroid dienone is 1. The standard InChI is InChI=1S/C30H27ClN2O5/c1-5-6-22-14-21(16-26(37-4)27(22)38-17-20-7-9-23(31)10-8-20)15-25-28(34)32-30(36)33(29(25)35)24-12-18(2)11-19(3)13-24/h5,7-16H,1,6,17H2,2-4H3,(H,32,34,36). The van der Waals surface area contributed by atoms with Crippen LogP contribution in [-0.4, -0.2) is 25.0 Å². The van der Waals surface area contributed by atoms with Crippen LogP contribution >= 0.6 is 11.6 Å². The van der Waals surface area contributed by atoms with Crippen LogP contribution in [0.3, 0.4) is 0 Å². The van der Waals surface area contributed by atoms with E-state index in [9.17, 15) is 14.4 Å². The maximum Gasteiger partial charge on any atom is 0.335 e. The van der Waals surface area contributed by atoms with Crippen LogP contribution in [0.4, 0.5) is 10.5 Å². The molecule has 0 bridgehead atoms. The zero-order valence-electron chi connectivity index (χ0n) is 21.3. The molecule has 194 valence electrons. The van der Waals surface area contributed by atoms with Crippen molar-refractivity contribution >= 4 is 41.2 Å². The van der Waals surface area contributed by atoms with Crippen LogP contribution in [-0.2, 0) is 22.6 Å². The van der Waals surface area contributed by atoms with E-state index in [0.29, 0.717) is 34.2 Å². The number of hydrogen-bond acceptors (Lipinski definition) is 5. The number of urea groups is 1. The summed E-state index contributed by atoms with van der Waals surface area (Å²) in [5.74, 6) is -0.531. The number of carbonyl (C=O) groups is 3. The highest BCUT2D eigenvalue weighted by Gasteiger charge is 2.37. The lowest BCUT2D eigenvalue weighted by Gasteiger charge is -2.27. The molecule has 3 aromatic rings. The average molecular weight is 531 g/mol. The number of methoxy groups -OCH3 is 1. The summed E-state index contributed by atoms with van der Waals surface area (Å²) in [7, 11) is 1.51. The van der Waals surface area contributed by atoms with Crippen LogP contribution in [0.25, 0.3) is 6.08 Å². The number of rotatable bonds is 8. The molecular formula is C30H27ClN2O5. The fourth-order valence-electron chi connectivity index (χ4n) is 4.26. The minimum Gasteiger partial charge on any atom is -0.493 e. The fourth-order valence-corrected chi connectivity index (χ4v) is 4.39. The molecule has 4 amide bonds. The van der Waals surface area contributed by atoms with Crippen LogP contribution in [0.15, 0.2) is 72.8 Å². The molecule has 8 heteroatoms. The van der Waals surface area contributed by atoms with Gasteiger partial charge in [-0.3, -0.25) is 14.9 Å². The number of anilines is 1. The van der Waals surface area contributed by atoms with Crippen molar-refractivity contribution in [1.29, 1.82) is 0 Å². The molecule has 4 rings (SSSR count). The van der Waals surface area contributed by atoms with Crippen molar-refractivity contribution in [2.24, 2.45) is 0 Å². The van der Waals surface area contributed by atoms with Gasteiger partial charge in [-0.15, -0.1) is 6.58 Å². The van der Waals surface area contributed by atoms with E-state index < -0.39 is 17.8 Å². The molecule has 0 saturated carbocycles. The van der Waals surface area contributed by atoms with E-state index in [0.717, 1.165) is 27.2 Å². The Kier molecular flexibility index (Phi) is 7.98. The Bertz CT molecular complexity index is 1440. The Morgan fingerprint density at radius 2 is 1.68 bits per heavy atom. The number of aryl methyl sites for hydroxylation is 2. The molecule has 1 saturated heterocycles. The molecule has 1 N–H and O–H groups in total. The first-order valence-electron chi connectivity index (χ1n) is 11.9. The number of nitrogens with zero attached hydrogens (tertiary/aromatic N) is 1. The summed E-state index contributed by atoms with van der Waals surface area (Å²) in [6.45, 7) is 7.85. The maximum absolute atomic E-state index is 13.4. The molecule has 1 aliphatic rings. The molecule has 1 heterocycles. The molecule has 7 nitrogen and oxygen atoms in total. The number of benzene rings is 3. The second-order valence-corrected chi connectivity index (χ2v) is 9.36. The van der Waals surface area contributed by atoms with Gasteiger partial charge in [-0.2, -0.15) is 0 Å². The Morgan fingerprint density at radius 3 is 2.32 bits per heavy atom. The fraction of sp³-hybridized carbons (Fsp3) is 0.167. The lowest BCUT2D eigenvalue weighted by atomic mass is 10.0. The lowest BCUT2D eigenvalue weighted by Crippen LogP contribution is -2.54. The number of hydrogen-bond donors (Lipinski definition) is 1. The van der Waals surface area contributed by atoms with Gasteiger partial charge < -0.3 is 9.47 Å². The predicted octanol–water partition coefficient (Wildman–Crippen LogP) is 5.94. The highest BCUT2D eigenvalue weighted by molar-refractivity contribution is 6.39. The Labute approximate surface area is 226 Å². The number of ether oxygens (including phenoxy) is 2. The summed E-state index contributed by atoms with van der Waals surface area (Å²) in [5, 5.41) is 2.90. The third kappa shape index (κ3) is 5.79. The molecule has 0 unspecified atom stereocenters. The SMILES string of the molecule is C=CCc1cc(C=C2C(=O)NC(=O)N(c3cc(C)cc(C)c3)C2=O)cc(OC)c1OCc1ccc(Cl)cc1. The minimum absolute atomic E-state index is 0.176. The lowest BCUT2D eigenvalue weighted by molar-refractivity contribution is -0.122. The first kappa shape index (κ1) is 26.7. The van der Waals surface area contributed by atoms with Gasteiger partial charge in [0.25, 0.3) is 11.8 Å². The van der Waals surface area contributed by atoms with Crippen molar-refractivity contribution < 1.29 is 23.9 Å². The molecular weight excluding hydrogens is 504 g/mol. The largest absolute Gasteiger partial charge is 0.493 e. The first-order valence-corrected chi connectivity index (χ1v) is 12.3. The zero-order valence-corrected chi connectivity index (χ0v) is 22.1. The van der Waals surface area contributed by atoms with Gasteiger partial charge in [0.2, 0.25) is 0 Å². The van der Waals surface area contributed by atoms with Crippen molar-refractivity contribution in [2.45, 2.75) is 26.9 Å². The van der Waals surface area contributed by atoms with E-state index in [2.05, 4.69) is 11.9 Å². The summed E-state index contributed by atoms with van der Waals surface area (Å²) in [5.41, 5.74) is 4.20. The number of halogens is 1. The summed E-state index contributed by atoms with van der Waals surface area (Å²) >= 11 is 5.98. The van der Waals surface area contributed by atoms with Crippen LogP contribution in [0, 0.1) is 13.8 Å². The van der Waals surface area contributed by atoms with E-state index in [4.69, 9.17) is 21.1 Å². The Balaban J connectivity index is 1.70. The summed E-state index contributed by atoms with van der Waals surface area (Å²) in [6, 6.07) is 15.4. The molecule has 0 radical (unpaired) electrons. The van der Waals surface area contributed by atoms with Crippen LogP contribution in [0.1, 0.15) is 27.8 Å². The third-order valence-corrected chi connectivity index (χ3v) is 6.16. The number of amides is 4. The van der Waals surface area contributed by atoms with Crippen molar-refractivity contribution in [2.75, 3.05) is 12.0 Å². The topological polar surface area (TPSA) is 84.9 Å². The van der Waals surface area contributed by atoms with Gasteiger partial charge >= 0.3 is 6.03 Å². The van der Waals surface area contributed by atoms with Gasteiger partial charge in [0.15, 0.2) is 11.5 Å². The molecule has 0 atom stereocenters. The highest BCUT2D eigenvalue weighted by atomic mass is 35.5. The first-order chi connectivity index (χ1) is 18.2. The predicted molar refractivity (Wildman–Crippen MR) is 148 cm³/mol. The monoisotopic (exact) mass is 530 g/mol. The van der Waals surface area contributed by atoms with Crippen molar-refractivity contribution in [1.82, 2.24) is 5.32 Å². The molecule has 0 spiro atoms. The number of barbiturate groups is 1. The van der Waals surface area contributed by atoms with Gasteiger partial charge in [0.1, 0.15) is 12.2 Å². The summed E-state index contributed by atoms with van der Waals surface area (Å²) in [6.07, 6.45) is 3.62. The van der Waals surface area contributed by atoms with Gasteiger partial charge in [-0.25, -0.2) is 9.69 Å². The second-order valence-electron chi connectivity index (χ2n) is 8.92. The van der Waals surface area contributed by atoms with Crippen LogP contribution in [0.2, 0.25) is 5.02 Å². The third-order valence-electron chi connectivity index (χ3n) is 5.91. The van der Waals surface area contributed by atoms with E-state index in [-0.39, 0.29) is 12.2 Å². The van der Waals surface area contributed by atoms with E-state index in [1.807, 2.05) is 32.0 Å². The number of nitrogens with one attached hydrogen (secondary N) is 1. The van der Waals surface area contributed by atoms with Gasteiger partial charge in [-0.05, 0) is 85.0 Å². The van der Waals surface area contributed by atoms with Crippen molar-refractivity contribution in [3.05, 3.63) is 106 Å². The molecule has 1 aliphatic heterocycles. The Morgan fingerprint density at radius 1 is 1.00 bits per heavy atom. The average Bonchev–Trinajstić information content (AvgIpc) is 2.86. The van der Waals surface area contributed by atoms with Crippen molar-refractivity contribution in [3.63, 3.8) is 0 Å². The quantitative estimate of drug-likeness (QED) is 0.221. The van der Waals surface area contributed by atoms with Crippen molar-refractivity contribution in [3.8, 4) is 11.5 Å². The van der Waals surface area contributed by atoms with Gasteiger partial charge in [0.05, 0.1) is 12.8 Å². The molecule has 1 fully saturated rings. The van der Waals surface area contributed by atoms with E-state index in [1.165, 1.54) is 13.2 Å². The van der Waals surface area contributed by atoms with E-state index in [1.54, 1.807) is 42.5 Å². The summed E-state index contributed by atoms with van der Waals surface area (Å²) < 4.78 is 11.7. The summed E-state index contributed by atoms with van der Waals surface area (Å²) in [4.78, 5) is 39.7. The smallest absolute Gasteiger partial charge is 0.335 e. The molecule has 3 aromatic carbocycles. The van der Waals surface area contributed by atoms with Gasteiger partial charge in [-0.1, -0.05) is 35.9 Å². The normalized spacial score (nSPS) is 14.5. The second kappa shape index (κ2) is 11.4. The Hall–Kier alpha value is -4.36. The minimum atomic E-state index is -0.793. The number of imide groups is 2. The molecule has 0 aromatic heterocycles. The van der Waals surface area contributed by atoms with Crippen LogP contribution in [0.5, 0.6) is 11.5 Å². The van der Waals surface area contributed by atoms with E-state index >= 15 is 0 Å². The number of carbonyl (C=O) groups excluding carboxylic acids is 3. The molecule has 38 heavy (non-hydrogen) atoms. The zero-order chi connectivity index (χ0) is 27.4.